The highest BCUT2D eigenvalue weighted by Crippen LogP contribution is 2.10. The monoisotopic (exact) mass is 315 g/mol. The molecule has 5 heteroatoms. The van der Waals surface area contributed by atoms with Crippen molar-refractivity contribution in [3.8, 4) is 0 Å². The lowest BCUT2D eigenvalue weighted by molar-refractivity contribution is -0.132. The molecule has 23 heavy (non-hydrogen) atoms. The van der Waals surface area contributed by atoms with Crippen LogP contribution in [0.5, 0.6) is 0 Å². The minimum atomic E-state index is -0.0329. The summed E-state index contributed by atoms with van der Waals surface area (Å²) < 4.78 is 1.89. The number of rotatable bonds is 8. The number of aryl methyl sites for hydroxylation is 3. The van der Waals surface area contributed by atoms with Crippen LogP contribution in [0.15, 0.2) is 36.8 Å². The highest BCUT2D eigenvalue weighted by molar-refractivity contribution is 5.76. The maximum Gasteiger partial charge on any atom is 0.223 e. The van der Waals surface area contributed by atoms with Gasteiger partial charge in [-0.1, -0.05) is 31.2 Å². The topological polar surface area (TPSA) is 58.4 Å². The van der Waals surface area contributed by atoms with Crippen LogP contribution in [-0.2, 0) is 31.2 Å². The largest absolute Gasteiger partial charge is 0.395 e. The molecule has 0 unspecified atom stereocenters. The van der Waals surface area contributed by atoms with Crippen LogP contribution in [0.2, 0.25) is 0 Å². The summed E-state index contributed by atoms with van der Waals surface area (Å²) in [5.41, 5.74) is 3.43. The van der Waals surface area contributed by atoms with Crippen LogP contribution in [0, 0.1) is 0 Å². The third-order valence-corrected chi connectivity index (χ3v) is 4.05. The fourth-order valence-corrected chi connectivity index (χ4v) is 2.50. The van der Waals surface area contributed by atoms with Gasteiger partial charge >= 0.3 is 0 Å². The van der Waals surface area contributed by atoms with Crippen molar-refractivity contribution in [2.45, 2.75) is 32.7 Å². The smallest absolute Gasteiger partial charge is 0.223 e. The molecule has 2 rings (SSSR count). The fraction of sp³-hybridized carbons (Fsp3) is 0.444. The van der Waals surface area contributed by atoms with Gasteiger partial charge in [-0.25, -0.2) is 4.98 Å². The van der Waals surface area contributed by atoms with Crippen molar-refractivity contribution in [2.24, 2.45) is 7.05 Å². The van der Waals surface area contributed by atoms with E-state index >= 15 is 0 Å². The first kappa shape index (κ1) is 17.2. The third-order valence-electron chi connectivity index (χ3n) is 4.05. The molecular formula is C18H25N3O2. The number of imidazole rings is 1. The summed E-state index contributed by atoms with van der Waals surface area (Å²) in [7, 11) is 1.90. The average molecular weight is 315 g/mol. The number of hydrogen-bond acceptors (Lipinski definition) is 3. The lowest BCUT2D eigenvalue weighted by Crippen LogP contribution is -2.33. The van der Waals surface area contributed by atoms with Crippen LogP contribution >= 0.6 is 0 Å². The second-order valence-corrected chi connectivity index (χ2v) is 5.70. The van der Waals surface area contributed by atoms with Crippen molar-refractivity contribution in [3.05, 3.63) is 53.6 Å². The Bertz CT molecular complexity index is 619. The van der Waals surface area contributed by atoms with Crippen LogP contribution in [-0.4, -0.2) is 38.6 Å². The lowest BCUT2D eigenvalue weighted by atomic mass is 10.1. The molecule has 0 radical (unpaired) electrons. The van der Waals surface area contributed by atoms with Gasteiger partial charge in [0.2, 0.25) is 5.91 Å². The maximum atomic E-state index is 12.5. The van der Waals surface area contributed by atoms with E-state index in [2.05, 4.69) is 36.2 Å². The number of benzene rings is 1. The molecule has 0 atom stereocenters. The molecule has 124 valence electrons. The summed E-state index contributed by atoms with van der Waals surface area (Å²) in [6.07, 6.45) is 5.65. The van der Waals surface area contributed by atoms with E-state index in [4.69, 9.17) is 0 Å². The predicted octanol–water partition coefficient (Wildman–Crippen LogP) is 1.94. The first-order valence-corrected chi connectivity index (χ1v) is 8.05. The van der Waals surface area contributed by atoms with Crippen LogP contribution in [0.3, 0.4) is 0 Å². The standard InChI is InChI=1S/C18H25N3O2/c1-3-15-4-6-16(7-5-15)8-9-18(23)21(10-11-22)13-17-12-19-14-20(17)2/h4-7,12,14,22H,3,8-11,13H2,1-2H3. The maximum absolute atomic E-state index is 12.5. The molecule has 0 aliphatic heterocycles. The number of hydrogen-bond donors (Lipinski definition) is 1. The molecule has 1 aromatic heterocycles. The van der Waals surface area contributed by atoms with Gasteiger partial charge in [-0.2, -0.15) is 0 Å². The van der Waals surface area contributed by atoms with Crippen LogP contribution < -0.4 is 0 Å². The van der Waals surface area contributed by atoms with Gasteiger partial charge in [0, 0.05) is 26.2 Å². The molecule has 1 aromatic carbocycles. The Hall–Kier alpha value is -2.14. The molecule has 2 aromatic rings. The molecule has 0 saturated carbocycles. The SMILES string of the molecule is CCc1ccc(CCC(=O)N(CCO)Cc2cncn2C)cc1. The number of carbonyl (C=O) groups excluding carboxylic acids is 1. The van der Waals surface area contributed by atoms with Gasteiger partial charge in [0.1, 0.15) is 0 Å². The number of amides is 1. The predicted molar refractivity (Wildman–Crippen MR) is 89.9 cm³/mol. The molecule has 0 saturated heterocycles. The minimum Gasteiger partial charge on any atom is -0.395 e. The summed E-state index contributed by atoms with van der Waals surface area (Å²) in [6, 6.07) is 8.40. The molecule has 1 N–H and O–H groups in total. The molecular weight excluding hydrogens is 290 g/mol. The highest BCUT2D eigenvalue weighted by Gasteiger charge is 2.15. The van der Waals surface area contributed by atoms with Crippen LogP contribution in [0.4, 0.5) is 0 Å². The normalized spacial score (nSPS) is 10.7. The minimum absolute atomic E-state index is 0.0329. The number of nitrogens with zero attached hydrogens (tertiary/aromatic N) is 3. The number of aliphatic hydroxyl groups is 1. The third kappa shape index (κ3) is 4.93. The number of aromatic nitrogens is 2. The first-order chi connectivity index (χ1) is 11.1. The summed E-state index contributed by atoms with van der Waals surface area (Å²) in [5, 5.41) is 9.21. The molecule has 0 spiro atoms. The highest BCUT2D eigenvalue weighted by atomic mass is 16.3. The molecule has 1 heterocycles. The summed E-state index contributed by atoms with van der Waals surface area (Å²) in [6.45, 7) is 2.92. The van der Waals surface area contributed by atoms with E-state index in [0.29, 0.717) is 19.5 Å². The molecule has 1 amide bonds. The van der Waals surface area contributed by atoms with Crippen molar-refractivity contribution in [2.75, 3.05) is 13.2 Å². The van der Waals surface area contributed by atoms with E-state index in [1.807, 2.05) is 11.6 Å². The molecule has 0 fully saturated rings. The van der Waals surface area contributed by atoms with Gasteiger partial charge in [0.15, 0.2) is 0 Å². The van der Waals surface area contributed by atoms with E-state index in [1.165, 1.54) is 11.1 Å². The van der Waals surface area contributed by atoms with Crippen molar-refractivity contribution >= 4 is 5.91 Å². The van der Waals surface area contributed by atoms with Gasteiger partial charge in [-0.3, -0.25) is 4.79 Å². The zero-order valence-corrected chi connectivity index (χ0v) is 13.9. The molecule has 5 nitrogen and oxygen atoms in total. The van der Waals surface area contributed by atoms with Crippen molar-refractivity contribution < 1.29 is 9.90 Å². The van der Waals surface area contributed by atoms with E-state index in [9.17, 15) is 9.90 Å². The second kappa shape index (κ2) is 8.48. The van der Waals surface area contributed by atoms with Gasteiger partial charge in [0.25, 0.3) is 0 Å². The van der Waals surface area contributed by atoms with Crippen molar-refractivity contribution in [1.29, 1.82) is 0 Å². The van der Waals surface area contributed by atoms with E-state index < -0.39 is 0 Å². The van der Waals surface area contributed by atoms with Gasteiger partial charge < -0.3 is 14.6 Å². The van der Waals surface area contributed by atoms with Crippen molar-refractivity contribution in [1.82, 2.24) is 14.5 Å². The quantitative estimate of drug-likeness (QED) is 0.810. The van der Waals surface area contributed by atoms with Crippen LogP contribution in [0.1, 0.15) is 30.2 Å². The van der Waals surface area contributed by atoms with Gasteiger partial charge in [0.05, 0.1) is 25.2 Å². The van der Waals surface area contributed by atoms with E-state index in [0.717, 1.165) is 18.5 Å². The van der Waals surface area contributed by atoms with Gasteiger partial charge in [-0.05, 0) is 24.0 Å². The Morgan fingerprint density at radius 1 is 1.26 bits per heavy atom. The van der Waals surface area contributed by atoms with Crippen molar-refractivity contribution in [3.63, 3.8) is 0 Å². The number of aliphatic hydroxyl groups excluding tert-OH is 1. The lowest BCUT2D eigenvalue weighted by Gasteiger charge is -2.22. The Balaban J connectivity index is 1.93. The fourth-order valence-electron chi connectivity index (χ4n) is 2.50. The second-order valence-electron chi connectivity index (χ2n) is 5.70. The Morgan fingerprint density at radius 2 is 1.96 bits per heavy atom. The Labute approximate surface area is 137 Å². The zero-order chi connectivity index (χ0) is 16.7. The van der Waals surface area contributed by atoms with E-state index in [-0.39, 0.29) is 12.5 Å². The number of carbonyl (C=O) groups is 1. The summed E-state index contributed by atoms with van der Waals surface area (Å²) in [4.78, 5) is 18.2. The zero-order valence-electron chi connectivity index (χ0n) is 13.9. The average Bonchev–Trinajstić information content (AvgIpc) is 2.97. The van der Waals surface area contributed by atoms with Gasteiger partial charge in [-0.15, -0.1) is 0 Å². The first-order valence-electron chi connectivity index (χ1n) is 8.05. The molecule has 0 aliphatic carbocycles. The van der Waals surface area contributed by atoms with E-state index in [1.54, 1.807) is 17.4 Å². The summed E-state index contributed by atoms with van der Waals surface area (Å²) in [5.74, 6) is 0.0554. The summed E-state index contributed by atoms with van der Waals surface area (Å²) >= 11 is 0. The Morgan fingerprint density at radius 3 is 2.52 bits per heavy atom. The van der Waals surface area contributed by atoms with Crippen LogP contribution in [0.25, 0.3) is 0 Å². The Kier molecular flexibility index (Phi) is 6.35. The molecule has 0 bridgehead atoms. The molecule has 0 aliphatic rings.